The molecule has 0 saturated carbocycles. The summed E-state index contributed by atoms with van der Waals surface area (Å²) in [7, 11) is 0. The quantitative estimate of drug-likeness (QED) is 0.0973. The van der Waals surface area contributed by atoms with E-state index in [4.69, 9.17) is 28.8 Å². The van der Waals surface area contributed by atoms with Crippen LogP contribution >= 0.6 is 0 Å². The molecule has 34 heavy (non-hydrogen) atoms. The number of rotatable bonds is 30. The van der Waals surface area contributed by atoms with Gasteiger partial charge in [-0.15, -0.1) is 0 Å². The van der Waals surface area contributed by atoms with Gasteiger partial charge in [0.15, 0.2) is 0 Å². The summed E-state index contributed by atoms with van der Waals surface area (Å²) in [6, 6.07) is 0. The highest BCUT2D eigenvalue weighted by Crippen LogP contribution is 2.10. The summed E-state index contributed by atoms with van der Waals surface area (Å²) >= 11 is 0. The van der Waals surface area contributed by atoms with Crippen LogP contribution in [0.15, 0.2) is 12.2 Å². The van der Waals surface area contributed by atoms with Crippen LogP contribution in [0.25, 0.3) is 0 Å². The van der Waals surface area contributed by atoms with Crippen LogP contribution in [0, 0.1) is 0 Å². The average molecular weight is 489 g/mol. The Morgan fingerprint density at radius 3 is 1.21 bits per heavy atom. The highest BCUT2D eigenvalue weighted by atomic mass is 16.6. The van der Waals surface area contributed by atoms with Crippen molar-refractivity contribution in [3.63, 3.8) is 0 Å². The molecule has 0 saturated heterocycles. The summed E-state index contributed by atoms with van der Waals surface area (Å²) in [5.41, 5.74) is 0. The summed E-state index contributed by atoms with van der Waals surface area (Å²) in [6.07, 6.45) is 23.4. The van der Waals surface area contributed by atoms with Crippen LogP contribution in [0.4, 0.5) is 0 Å². The molecule has 0 spiro atoms. The molecule has 0 aromatic heterocycles. The maximum Gasteiger partial charge on any atom is 0.0701 e. The number of unbranched alkanes of at least 4 members (excludes halogenated alkanes) is 12. The van der Waals surface area contributed by atoms with E-state index in [9.17, 15) is 0 Å². The van der Waals surface area contributed by atoms with Crippen molar-refractivity contribution < 1.29 is 28.8 Å². The van der Waals surface area contributed by atoms with Crippen LogP contribution in [-0.4, -0.2) is 77.8 Å². The maximum atomic E-state index is 8.56. The minimum absolute atomic E-state index is 0.0476. The van der Waals surface area contributed by atoms with E-state index in [1.165, 1.54) is 83.5 Å². The molecule has 1 N–H and O–H groups in total. The fraction of sp³-hybridized carbons (Fsp3) is 0.929. The van der Waals surface area contributed by atoms with Crippen molar-refractivity contribution in [3.05, 3.63) is 12.2 Å². The van der Waals surface area contributed by atoms with Gasteiger partial charge in [0, 0.05) is 6.61 Å². The molecule has 0 fully saturated rings. The lowest BCUT2D eigenvalue weighted by molar-refractivity contribution is -0.0134. The summed E-state index contributed by atoms with van der Waals surface area (Å²) in [5, 5.41) is 8.56. The number of allylic oxidation sites excluding steroid dienone is 2. The van der Waals surface area contributed by atoms with Gasteiger partial charge in [0.05, 0.1) is 66.1 Å². The van der Waals surface area contributed by atoms with Crippen molar-refractivity contribution in [3.8, 4) is 0 Å². The molecule has 0 rings (SSSR count). The molecule has 6 heteroatoms. The molecule has 0 bridgehead atoms. The summed E-state index contributed by atoms with van der Waals surface area (Å²) in [4.78, 5) is 0. The zero-order valence-electron chi connectivity index (χ0n) is 22.3. The Hall–Kier alpha value is -0.500. The molecule has 0 aliphatic carbocycles. The zero-order chi connectivity index (χ0) is 24.6. The third kappa shape index (κ3) is 31.5. The molecule has 0 aliphatic rings. The smallest absolute Gasteiger partial charge is 0.0701 e. The number of ether oxygens (including phenoxy) is 5. The topological polar surface area (TPSA) is 66.4 Å². The first-order chi connectivity index (χ1) is 16.9. The average Bonchev–Trinajstić information content (AvgIpc) is 2.85. The molecule has 0 aliphatic heterocycles. The molecule has 0 amide bonds. The fourth-order valence-corrected chi connectivity index (χ4v) is 3.50. The van der Waals surface area contributed by atoms with E-state index >= 15 is 0 Å². The van der Waals surface area contributed by atoms with Crippen LogP contribution in [0.5, 0.6) is 0 Å². The van der Waals surface area contributed by atoms with E-state index in [-0.39, 0.29) is 6.61 Å². The normalized spacial score (nSPS) is 11.7. The van der Waals surface area contributed by atoms with Gasteiger partial charge in [0.1, 0.15) is 0 Å². The van der Waals surface area contributed by atoms with Crippen molar-refractivity contribution in [2.45, 2.75) is 96.8 Å². The molecule has 0 aromatic rings. The lowest BCUT2D eigenvalue weighted by atomic mass is 10.1. The van der Waals surface area contributed by atoms with E-state index < -0.39 is 0 Å². The minimum atomic E-state index is 0.0476. The molecule has 0 aromatic carbocycles. The Labute approximate surface area is 210 Å². The van der Waals surface area contributed by atoms with Crippen molar-refractivity contribution in [2.75, 3.05) is 72.7 Å². The Balaban J connectivity index is 3.04. The van der Waals surface area contributed by atoms with Gasteiger partial charge in [-0.3, -0.25) is 0 Å². The first-order valence-corrected chi connectivity index (χ1v) is 14.1. The van der Waals surface area contributed by atoms with Crippen molar-refractivity contribution in [1.82, 2.24) is 0 Å². The van der Waals surface area contributed by atoms with Crippen LogP contribution in [0.2, 0.25) is 0 Å². The fourth-order valence-electron chi connectivity index (χ4n) is 3.50. The summed E-state index contributed by atoms with van der Waals surface area (Å²) < 4.78 is 27.0. The van der Waals surface area contributed by atoms with Crippen LogP contribution in [0.1, 0.15) is 96.8 Å². The Morgan fingerprint density at radius 2 is 0.765 bits per heavy atom. The lowest BCUT2D eigenvalue weighted by Crippen LogP contribution is -2.13. The Morgan fingerprint density at radius 1 is 0.412 bits per heavy atom. The van der Waals surface area contributed by atoms with E-state index in [0.29, 0.717) is 59.5 Å². The molecule has 204 valence electrons. The predicted molar refractivity (Wildman–Crippen MR) is 141 cm³/mol. The number of hydrogen-bond acceptors (Lipinski definition) is 6. The second kappa shape index (κ2) is 32.5. The third-order valence-corrected chi connectivity index (χ3v) is 5.52. The van der Waals surface area contributed by atoms with Crippen molar-refractivity contribution in [2.24, 2.45) is 0 Å². The van der Waals surface area contributed by atoms with E-state index in [0.717, 1.165) is 13.0 Å². The van der Waals surface area contributed by atoms with Crippen LogP contribution < -0.4 is 0 Å². The second-order valence-electron chi connectivity index (χ2n) is 8.72. The van der Waals surface area contributed by atoms with E-state index in [1.807, 2.05) is 0 Å². The highest BCUT2D eigenvalue weighted by Gasteiger charge is 1.95. The van der Waals surface area contributed by atoms with E-state index in [1.54, 1.807) is 0 Å². The van der Waals surface area contributed by atoms with Crippen molar-refractivity contribution >= 4 is 0 Å². The molecular weight excluding hydrogens is 432 g/mol. The Kier molecular flexibility index (Phi) is 32.0. The number of aliphatic hydroxyl groups is 1. The molecule has 6 nitrogen and oxygen atoms in total. The zero-order valence-corrected chi connectivity index (χ0v) is 22.3. The van der Waals surface area contributed by atoms with Gasteiger partial charge in [0.25, 0.3) is 0 Å². The highest BCUT2D eigenvalue weighted by molar-refractivity contribution is 4.81. The standard InChI is InChI=1S/C28H56O6/c1-2-3-4-5-6-7-8-9-10-11-12-13-14-15-16-17-19-30-21-23-32-25-27-34-28-26-33-24-22-31-20-18-29/h9-10,29H,2-8,11-28H2,1H3. The van der Waals surface area contributed by atoms with Crippen LogP contribution in [0.3, 0.4) is 0 Å². The summed E-state index contributed by atoms with van der Waals surface area (Å²) in [5.74, 6) is 0. The second-order valence-corrected chi connectivity index (χ2v) is 8.72. The van der Waals surface area contributed by atoms with Gasteiger partial charge in [-0.2, -0.15) is 0 Å². The van der Waals surface area contributed by atoms with Gasteiger partial charge < -0.3 is 28.8 Å². The molecule has 0 atom stereocenters. The van der Waals surface area contributed by atoms with Crippen molar-refractivity contribution in [1.29, 1.82) is 0 Å². The molecule has 0 heterocycles. The first-order valence-electron chi connectivity index (χ1n) is 14.1. The SMILES string of the molecule is CCCCCCCCC=CCCCCCCCCOCCOCCOCCOCCOCCO. The van der Waals surface area contributed by atoms with Gasteiger partial charge in [0.2, 0.25) is 0 Å². The largest absolute Gasteiger partial charge is 0.394 e. The minimum Gasteiger partial charge on any atom is -0.394 e. The number of hydrogen-bond donors (Lipinski definition) is 1. The third-order valence-electron chi connectivity index (χ3n) is 5.52. The van der Waals surface area contributed by atoms with Gasteiger partial charge in [-0.25, -0.2) is 0 Å². The van der Waals surface area contributed by atoms with Gasteiger partial charge >= 0.3 is 0 Å². The van der Waals surface area contributed by atoms with E-state index in [2.05, 4.69) is 19.1 Å². The Bertz CT molecular complexity index is 378. The maximum absolute atomic E-state index is 8.56. The molecule has 0 radical (unpaired) electrons. The summed E-state index contributed by atoms with van der Waals surface area (Å²) in [6.45, 7) is 8.06. The first kappa shape index (κ1) is 33.5. The molecular formula is C28H56O6. The van der Waals surface area contributed by atoms with Crippen LogP contribution in [-0.2, 0) is 23.7 Å². The monoisotopic (exact) mass is 488 g/mol. The van der Waals surface area contributed by atoms with Gasteiger partial charge in [-0.1, -0.05) is 76.9 Å². The van der Waals surface area contributed by atoms with Gasteiger partial charge in [-0.05, 0) is 32.1 Å². The lowest BCUT2D eigenvalue weighted by Gasteiger charge is -2.08. The predicted octanol–water partition coefficient (Wildman–Crippen LogP) is 6.10. The number of aliphatic hydroxyl groups excluding tert-OH is 1. The molecule has 0 unspecified atom stereocenters.